The molecule has 0 fully saturated rings. The van der Waals surface area contributed by atoms with E-state index in [2.05, 4.69) is 9.88 Å². The number of fused-ring (bicyclic) bond motifs is 1. The van der Waals surface area contributed by atoms with Gasteiger partial charge in [-0.1, -0.05) is 6.07 Å². The lowest BCUT2D eigenvalue weighted by Crippen LogP contribution is -2.21. The molecular formula is C18H21N3O3S. The third-order valence-electron chi connectivity index (χ3n) is 3.87. The molecule has 2 aromatic heterocycles. The van der Waals surface area contributed by atoms with E-state index in [-0.39, 0.29) is 5.56 Å². The van der Waals surface area contributed by atoms with E-state index in [0.29, 0.717) is 24.6 Å². The zero-order valence-corrected chi connectivity index (χ0v) is 15.6. The van der Waals surface area contributed by atoms with E-state index in [1.54, 1.807) is 24.7 Å². The van der Waals surface area contributed by atoms with Gasteiger partial charge in [0.2, 0.25) is 0 Å². The van der Waals surface area contributed by atoms with Crippen LogP contribution in [0.3, 0.4) is 0 Å². The van der Waals surface area contributed by atoms with Crippen molar-refractivity contribution in [3.8, 4) is 11.5 Å². The highest BCUT2D eigenvalue weighted by Gasteiger charge is 2.10. The van der Waals surface area contributed by atoms with E-state index >= 15 is 0 Å². The molecule has 0 aliphatic heterocycles. The SMILES string of the molecule is COc1ccc(CN(C)Cc2cc(=O)n3cc(C)sc3n2)cc1OC. The molecule has 0 saturated carbocycles. The van der Waals surface area contributed by atoms with Crippen LogP contribution in [-0.4, -0.2) is 35.6 Å². The summed E-state index contributed by atoms with van der Waals surface area (Å²) in [6, 6.07) is 7.47. The van der Waals surface area contributed by atoms with Crippen LogP contribution in [0.2, 0.25) is 0 Å². The Morgan fingerprint density at radius 2 is 1.92 bits per heavy atom. The Morgan fingerprint density at radius 1 is 1.16 bits per heavy atom. The van der Waals surface area contributed by atoms with Crippen LogP contribution in [0.25, 0.3) is 4.96 Å². The van der Waals surface area contributed by atoms with E-state index in [4.69, 9.17) is 9.47 Å². The van der Waals surface area contributed by atoms with Gasteiger partial charge in [-0.3, -0.25) is 14.1 Å². The van der Waals surface area contributed by atoms with Crippen LogP contribution >= 0.6 is 11.3 Å². The topological polar surface area (TPSA) is 56.1 Å². The number of hydrogen-bond acceptors (Lipinski definition) is 6. The summed E-state index contributed by atoms with van der Waals surface area (Å²) in [5.74, 6) is 1.42. The molecule has 0 bridgehead atoms. The van der Waals surface area contributed by atoms with Gasteiger partial charge in [-0.05, 0) is 31.7 Å². The summed E-state index contributed by atoms with van der Waals surface area (Å²) in [4.78, 5) is 20.7. The summed E-state index contributed by atoms with van der Waals surface area (Å²) in [6.45, 7) is 3.28. The van der Waals surface area contributed by atoms with Crippen LogP contribution in [0.5, 0.6) is 11.5 Å². The van der Waals surface area contributed by atoms with Crippen LogP contribution in [0.4, 0.5) is 0 Å². The fraction of sp³-hybridized carbons (Fsp3) is 0.333. The van der Waals surface area contributed by atoms with Gasteiger partial charge in [-0.2, -0.15) is 0 Å². The predicted octanol–water partition coefficient (Wildman–Crippen LogP) is 2.71. The van der Waals surface area contributed by atoms with Crippen molar-refractivity contribution in [2.24, 2.45) is 0 Å². The van der Waals surface area contributed by atoms with Gasteiger partial charge in [0.25, 0.3) is 5.56 Å². The Labute approximate surface area is 150 Å². The first-order valence-electron chi connectivity index (χ1n) is 7.88. The molecule has 0 radical (unpaired) electrons. The first-order chi connectivity index (χ1) is 12.0. The predicted molar refractivity (Wildman–Crippen MR) is 98.8 cm³/mol. The molecule has 0 aliphatic carbocycles. The van der Waals surface area contributed by atoms with E-state index in [0.717, 1.165) is 21.1 Å². The number of aromatic nitrogens is 2. The van der Waals surface area contributed by atoms with Crippen LogP contribution in [0.1, 0.15) is 16.1 Å². The average Bonchev–Trinajstić information content (AvgIpc) is 2.95. The fourth-order valence-corrected chi connectivity index (χ4v) is 3.61. The quantitative estimate of drug-likeness (QED) is 0.677. The first kappa shape index (κ1) is 17.4. The number of methoxy groups -OCH3 is 2. The minimum Gasteiger partial charge on any atom is -0.493 e. The highest BCUT2D eigenvalue weighted by Crippen LogP contribution is 2.28. The number of hydrogen-bond donors (Lipinski definition) is 0. The number of rotatable bonds is 6. The molecule has 0 N–H and O–H groups in total. The van der Waals surface area contributed by atoms with E-state index in [9.17, 15) is 4.79 Å². The number of ether oxygens (including phenoxy) is 2. The molecule has 7 heteroatoms. The molecule has 132 valence electrons. The monoisotopic (exact) mass is 359 g/mol. The molecule has 3 aromatic rings. The van der Waals surface area contributed by atoms with Crippen molar-refractivity contribution in [3.63, 3.8) is 0 Å². The molecule has 0 unspecified atom stereocenters. The molecule has 0 saturated heterocycles. The maximum absolute atomic E-state index is 12.2. The van der Waals surface area contributed by atoms with E-state index < -0.39 is 0 Å². The standard InChI is InChI=1S/C18H21N3O3S/c1-12-9-21-17(22)8-14(19-18(21)25-12)11-20(2)10-13-5-6-15(23-3)16(7-13)24-4/h5-9H,10-11H2,1-4H3. The van der Waals surface area contributed by atoms with Gasteiger partial charge in [0.05, 0.1) is 19.9 Å². The van der Waals surface area contributed by atoms with Crippen molar-refractivity contribution in [2.45, 2.75) is 20.0 Å². The van der Waals surface area contributed by atoms with Crippen molar-refractivity contribution in [1.29, 1.82) is 0 Å². The Bertz CT molecular complexity index is 948. The lowest BCUT2D eigenvalue weighted by atomic mass is 10.2. The molecule has 0 aliphatic rings. The molecule has 3 rings (SSSR count). The van der Waals surface area contributed by atoms with Crippen molar-refractivity contribution in [2.75, 3.05) is 21.3 Å². The van der Waals surface area contributed by atoms with Crippen LogP contribution in [0.15, 0.2) is 35.3 Å². The molecule has 0 amide bonds. The van der Waals surface area contributed by atoms with Gasteiger partial charge in [0, 0.05) is 30.2 Å². The Kier molecular flexibility index (Phi) is 5.06. The van der Waals surface area contributed by atoms with E-state index in [1.807, 2.05) is 38.4 Å². The van der Waals surface area contributed by atoms with Gasteiger partial charge in [0.1, 0.15) is 0 Å². The summed E-state index contributed by atoms with van der Waals surface area (Å²) in [5, 5.41) is 0. The number of thiazole rings is 1. The summed E-state index contributed by atoms with van der Waals surface area (Å²) >= 11 is 1.52. The third kappa shape index (κ3) is 3.83. The highest BCUT2D eigenvalue weighted by molar-refractivity contribution is 7.16. The average molecular weight is 359 g/mol. The van der Waals surface area contributed by atoms with Gasteiger partial charge in [-0.15, -0.1) is 11.3 Å². The molecule has 1 aromatic carbocycles. The molecular weight excluding hydrogens is 338 g/mol. The Balaban J connectivity index is 1.76. The zero-order chi connectivity index (χ0) is 18.0. The van der Waals surface area contributed by atoms with Crippen molar-refractivity contribution < 1.29 is 9.47 Å². The first-order valence-corrected chi connectivity index (χ1v) is 8.70. The van der Waals surface area contributed by atoms with Gasteiger partial charge in [0.15, 0.2) is 16.5 Å². The molecule has 0 spiro atoms. The lowest BCUT2D eigenvalue weighted by Gasteiger charge is -2.17. The van der Waals surface area contributed by atoms with Gasteiger partial charge < -0.3 is 9.47 Å². The Hall–Kier alpha value is -2.38. The normalized spacial score (nSPS) is 11.2. The smallest absolute Gasteiger partial charge is 0.258 e. The van der Waals surface area contributed by atoms with Gasteiger partial charge in [-0.25, -0.2) is 4.98 Å². The van der Waals surface area contributed by atoms with Crippen LogP contribution in [0, 0.1) is 6.92 Å². The van der Waals surface area contributed by atoms with Crippen molar-refractivity contribution in [3.05, 3.63) is 57.0 Å². The molecule has 25 heavy (non-hydrogen) atoms. The second-order valence-corrected chi connectivity index (χ2v) is 7.15. The van der Waals surface area contributed by atoms with Gasteiger partial charge >= 0.3 is 0 Å². The van der Waals surface area contributed by atoms with E-state index in [1.165, 1.54) is 11.3 Å². The van der Waals surface area contributed by atoms with Crippen molar-refractivity contribution >= 4 is 16.3 Å². The van der Waals surface area contributed by atoms with Crippen molar-refractivity contribution in [1.82, 2.24) is 14.3 Å². The molecule has 0 atom stereocenters. The second-order valence-electron chi connectivity index (χ2n) is 5.94. The number of benzene rings is 1. The third-order valence-corrected chi connectivity index (χ3v) is 4.77. The Morgan fingerprint density at radius 3 is 2.64 bits per heavy atom. The summed E-state index contributed by atoms with van der Waals surface area (Å²) < 4.78 is 12.2. The molecule has 2 heterocycles. The van der Waals surface area contributed by atoms with Crippen LogP contribution < -0.4 is 15.0 Å². The number of nitrogens with zero attached hydrogens (tertiary/aromatic N) is 3. The number of aryl methyl sites for hydroxylation is 1. The fourth-order valence-electron chi connectivity index (χ4n) is 2.76. The highest BCUT2D eigenvalue weighted by atomic mass is 32.1. The minimum atomic E-state index is -0.0381. The summed E-state index contributed by atoms with van der Waals surface area (Å²) in [6.07, 6.45) is 1.83. The maximum atomic E-state index is 12.2. The molecule has 6 nitrogen and oxygen atoms in total. The largest absolute Gasteiger partial charge is 0.493 e. The second kappa shape index (κ2) is 7.25. The summed E-state index contributed by atoms with van der Waals surface area (Å²) in [7, 11) is 5.25. The van der Waals surface area contributed by atoms with Crippen LogP contribution in [-0.2, 0) is 13.1 Å². The zero-order valence-electron chi connectivity index (χ0n) is 14.8. The lowest BCUT2D eigenvalue weighted by molar-refractivity contribution is 0.313. The minimum absolute atomic E-state index is 0.0381. The maximum Gasteiger partial charge on any atom is 0.258 e. The summed E-state index contributed by atoms with van der Waals surface area (Å²) in [5.41, 5.74) is 1.84.